The molecule has 0 radical (unpaired) electrons. The van der Waals surface area contributed by atoms with Crippen LogP contribution in [0, 0.1) is 11.8 Å². The number of carbonyl (C=O) groups excluding carboxylic acids is 1. The van der Waals surface area contributed by atoms with Crippen molar-refractivity contribution in [2.75, 3.05) is 32.0 Å². The molecule has 1 aromatic heterocycles. The molecule has 1 aromatic carbocycles. The highest BCUT2D eigenvalue weighted by Crippen LogP contribution is 2.44. The van der Waals surface area contributed by atoms with E-state index in [2.05, 4.69) is 50.4 Å². The summed E-state index contributed by atoms with van der Waals surface area (Å²) < 4.78 is 0. The summed E-state index contributed by atoms with van der Waals surface area (Å²) in [6.45, 7) is 2.86. The van der Waals surface area contributed by atoms with Gasteiger partial charge in [0.05, 0.1) is 0 Å². The summed E-state index contributed by atoms with van der Waals surface area (Å²) in [4.78, 5) is 22.3. The van der Waals surface area contributed by atoms with Gasteiger partial charge in [-0.3, -0.25) is 9.69 Å². The molecule has 6 heteroatoms. The second kappa shape index (κ2) is 7.48. The number of hydrogen-bond donors (Lipinski definition) is 1. The second-order valence-electron chi connectivity index (χ2n) is 8.48. The molecular formula is C22H28N4OS. The summed E-state index contributed by atoms with van der Waals surface area (Å²) in [5.74, 6) is 1.27. The van der Waals surface area contributed by atoms with Gasteiger partial charge in [0.15, 0.2) is 5.13 Å². The summed E-state index contributed by atoms with van der Waals surface area (Å²) in [7, 11) is 1.85. The monoisotopic (exact) mass is 396 g/mol. The number of thiazole rings is 1. The molecule has 3 fully saturated rings. The highest BCUT2D eigenvalue weighted by molar-refractivity contribution is 7.13. The van der Waals surface area contributed by atoms with E-state index in [9.17, 15) is 4.79 Å². The van der Waals surface area contributed by atoms with Crippen LogP contribution >= 0.6 is 11.3 Å². The molecule has 0 saturated carbocycles. The molecule has 4 heterocycles. The lowest BCUT2D eigenvalue weighted by Gasteiger charge is -2.55. The van der Waals surface area contributed by atoms with Gasteiger partial charge < -0.3 is 10.2 Å². The Labute approximate surface area is 170 Å². The van der Waals surface area contributed by atoms with Gasteiger partial charge in [-0.15, -0.1) is 11.3 Å². The molecular weight excluding hydrogens is 368 g/mol. The van der Waals surface area contributed by atoms with Gasteiger partial charge in [-0.2, -0.15) is 0 Å². The van der Waals surface area contributed by atoms with Crippen LogP contribution in [0.3, 0.4) is 0 Å². The Morgan fingerprint density at radius 2 is 2.04 bits per heavy atom. The van der Waals surface area contributed by atoms with Gasteiger partial charge in [-0.25, -0.2) is 4.98 Å². The molecule has 3 aliphatic heterocycles. The van der Waals surface area contributed by atoms with Gasteiger partial charge >= 0.3 is 0 Å². The van der Waals surface area contributed by atoms with Crippen LogP contribution in [0.4, 0.5) is 5.13 Å². The Hall–Kier alpha value is -1.92. The Kier molecular flexibility index (Phi) is 4.85. The van der Waals surface area contributed by atoms with Crippen LogP contribution in [0.1, 0.15) is 47.8 Å². The molecule has 0 aliphatic carbocycles. The van der Waals surface area contributed by atoms with E-state index in [1.165, 1.54) is 42.6 Å². The normalized spacial score (nSPS) is 30.0. The smallest absolute Gasteiger partial charge is 0.273 e. The SMILES string of the molecule is CNc1nc(C(=O)N2C[C@@H]3C[C@H](C2)[C@@H]2CCC[C@H](c4ccccc4)N2C3)cs1. The van der Waals surface area contributed by atoms with Crippen molar-refractivity contribution in [3.05, 3.63) is 47.0 Å². The summed E-state index contributed by atoms with van der Waals surface area (Å²) >= 11 is 1.50. The first kappa shape index (κ1) is 18.1. The van der Waals surface area contributed by atoms with E-state index in [0.29, 0.717) is 29.6 Å². The second-order valence-corrected chi connectivity index (χ2v) is 9.34. The fourth-order valence-electron chi connectivity index (χ4n) is 5.66. The summed E-state index contributed by atoms with van der Waals surface area (Å²) in [6.07, 6.45) is 5.08. The zero-order valence-electron chi connectivity index (χ0n) is 16.4. The molecule has 0 unspecified atom stereocenters. The number of likely N-dealkylation sites (tertiary alicyclic amines) is 1. The summed E-state index contributed by atoms with van der Waals surface area (Å²) in [6, 6.07) is 12.2. The van der Waals surface area contributed by atoms with E-state index >= 15 is 0 Å². The number of anilines is 1. The standard InChI is InChI=1S/C22H28N4OS/c1-23-22-24-18(14-28-22)21(27)25-11-15-10-17(13-25)20-9-5-8-19(26(20)12-15)16-6-3-2-4-7-16/h2-4,6-7,14-15,17,19-20H,5,8-13H2,1H3,(H,23,24)/t15-,17+,19+,20-/m0/s1. The van der Waals surface area contributed by atoms with Crippen molar-refractivity contribution >= 4 is 22.4 Å². The maximum Gasteiger partial charge on any atom is 0.273 e. The molecule has 148 valence electrons. The molecule has 2 bridgehead atoms. The first-order valence-corrected chi connectivity index (χ1v) is 11.3. The minimum Gasteiger partial charge on any atom is -0.365 e. The third kappa shape index (κ3) is 3.22. The number of hydrogen-bond acceptors (Lipinski definition) is 5. The van der Waals surface area contributed by atoms with E-state index < -0.39 is 0 Å². The number of benzene rings is 1. The molecule has 28 heavy (non-hydrogen) atoms. The van der Waals surface area contributed by atoms with Crippen molar-refractivity contribution in [2.45, 2.75) is 37.8 Å². The molecule has 1 amide bonds. The van der Waals surface area contributed by atoms with Crippen molar-refractivity contribution in [3.63, 3.8) is 0 Å². The number of piperidine rings is 3. The van der Waals surface area contributed by atoms with Crippen molar-refractivity contribution < 1.29 is 4.79 Å². The Balaban J connectivity index is 1.34. The van der Waals surface area contributed by atoms with Crippen LogP contribution in [-0.2, 0) is 0 Å². The highest BCUT2D eigenvalue weighted by Gasteiger charge is 2.45. The molecule has 3 aliphatic rings. The van der Waals surface area contributed by atoms with E-state index in [0.717, 1.165) is 24.8 Å². The zero-order chi connectivity index (χ0) is 19.1. The molecule has 0 spiro atoms. The van der Waals surface area contributed by atoms with Crippen LogP contribution in [-0.4, -0.2) is 53.4 Å². The first-order chi connectivity index (χ1) is 13.7. The van der Waals surface area contributed by atoms with Crippen LogP contribution in [0.5, 0.6) is 0 Å². The van der Waals surface area contributed by atoms with Crippen LogP contribution < -0.4 is 5.32 Å². The van der Waals surface area contributed by atoms with Gasteiger partial charge in [0, 0.05) is 44.1 Å². The predicted molar refractivity (Wildman–Crippen MR) is 113 cm³/mol. The van der Waals surface area contributed by atoms with Gasteiger partial charge in [0.1, 0.15) is 5.69 Å². The fourth-order valence-corrected chi connectivity index (χ4v) is 6.30. The van der Waals surface area contributed by atoms with Crippen LogP contribution in [0.15, 0.2) is 35.7 Å². The van der Waals surface area contributed by atoms with E-state index in [1.54, 1.807) is 0 Å². The summed E-state index contributed by atoms with van der Waals surface area (Å²) in [5.41, 5.74) is 2.05. The minimum atomic E-state index is 0.108. The molecule has 1 N–H and O–H groups in total. The van der Waals surface area contributed by atoms with Crippen molar-refractivity contribution in [3.8, 4) is 0 Å². The maximum absolute atomic E-state index is 13.0. The van der Waals surface area contributed by atoms with Gasteiger partial charge in [0.2, 0.25) is 0 Å². The number of aromatic nitrogens is 1. The molecule has 3 saturated heterocycles. The van der Waals surface area contributed by atoms with E-state index in [4.69, 9.17) is 0 Å². The van der Waals surface area contributed by atoms with Crippen molar-refractivity contribution in [1.29, 1.82) is 0 Å². The Morgan fingerprint density at radius 1 is 1.18 bits per heavy atom. The number of carbonyl (C=O) groups is 1. The predicted octanol–water partition coefficient (Wildman–Crippen LogP) is 3.87. The van der Waals surface area contributed by atoms with Crippen molar-refractivity contribution in [1.82, 2.24) is 14.8 Å². The molecule has 4 atom stereocenters. The first-order valence-electron chi connectivity index (χ1n) is 10.5. The third-order valence-electron chi connectivity index (χ3n) is 6.80. The lowest BCUT2D eigenvalue weighted by atomic mass is 9.74. The van der Waals surface area contributed by atoms with Gasteiger partial charge in [-0.1, -0.05) is 30.3 Å². The molecule has 5 rings (SSSR count). The Bertz CT molecular complexity index is 838. The van der Waals surface area contributed by atoms with E-state index in [-0.39, 0.29) is 5.91 Å². The van der Waals surface area contributed by atoms with Crippen molar-refractivity contribution in [2.24, 2.45) is 11.8 Å². The number of fused-ring (bicyclic) bond motifs is 4. The fraction of sp³-hybridized carbons (Fsp3) is 0.545. The number of nitrogens with one attached hydrogen (secondary N) is 1. The number of amides is 1. The average Bonchev–Trinajstić information content (AvgIpc) is 3.22. The average molecular weight is 397 g/mol. The topological polar surface area (TPSA) is 48.5 Å². The van der Waals surface area contributed by atoms with Gasteiger partial charge in [-0.05, 0) is 43.1 Å². The Morgan fingerprint density at radius 3 is 2.82 bits per heavy atom. The van der Waals surface area contributed by atoms with Crippen LogP contribution in [0.25, 0.3) is 0 Å². The summed E-state index contributed by atoms with van der Waals surface area (Å²) in [5, 5.41) is 5.73. The number of nitrogens with zero attached hydrogens (tertiary/aromatic N) is 3. The highest BCUT2D eigenvalue weighted by atomic mass is 32.1. The quantitative estimate of drug-likeness (QED) is 0.856. The number of rotatable bonds is 3. The molecule has 2 aromatic rings. The van der Waals surface area contributed by atoms with Crippen LogP contribution in [0.2, 0.25) is 0 Å². The zero-order valence-corrected chi connectivity index (χ0v) is 17.2. The lowest BCUT2D eigenvalue weighted by Crippen LogP contribution is -2.60. The van der Waals surface area contributed by atoms with E-state index in [1.807, 2.05) is 12.4 Å². The largest absolute Gasteiger partial charge is 0.365 e. The molecule has 5 nitrogen and oxygen atoms in total. The maximum atomic E-state index is 13.0. The minimum absolute atomic E-state index is 0.108. The third-order valence-corrected chi connectivity index (χ3v) is 7.66. The lowest BCUT2D eigenvalue weighted by molar-refractivity contribution is -0.0512. The van der Waals surface area contributed by atoms with Gasteiger partial charge in [0.25, 0.3) is 5.91 Å².